The molecule has 0 atom stereocenters. The van der Waals surface area contributed by atoms with Gasteiger partial charge in [-0.25, -0.2) is 4.98 Å². The maximum Gasteiger partial charge on any atom is 0.111 e. The molecule has 0 unspecified atom stereocenters. The Kier molecular flexibility index (Phi) is 3.42. The van der Waals surface area contributed by atoms with Crippen LogP contribution in [0.2, 0.25) is 0 Å². The van der Waals surface area contributed by atoms with Gasteiger partial charge in [-0.15, -0.1) is 0 Å². The van der Waals surface area contributed by atoms with E-state index in [1.165, 1.54) is 16.9 Å². The molecule has 3 heteroatoms. The van der Waals surface area contributed by atoms with Crippen molar-refractivity contribution in [3.8, 4) is 5.69 Å². The van der Waals surface area contributed by atoms with E-state index in [1.807, 2.05) is 6.07 Å². The van der Waals surface area contributed by atoms with Crippen LogP contribution in [0.3, 0.4) is 0 Å². The molecule has 0 amide bonds. The van der Waals surface area contributed by atoms with Gasteiger partial charge in [0.15, 0.2) is 0 Å². The third-order valence-electron chi connectivity index (χ3n) is 4.04. The Hall–Kier alpha value is -2.29. The van der Waals surface area contributed by atoms with Gasteiger partial charge >= 0.3 is 0 Å². The number of hydrogen-bond acceptors (Lipinski definition) is 2. The quantitative estimate of drug-likeness (QED) is 0.719. The smallest absolute Gasteiger partial charge is 0.111 e. The zero-order valence-corrected chi connectivity index (χ0v) is 13.1. The molecule has 3 aromatic rings. The van der Waals surface area contributed by atoms with E-state index in [9.17, 15) is 0 Å². The van der Waals surface area contributed by atoms with E-state index in [2.05, 4.69) is 78.7 Å². The molecule has 21 heavy (non-hydrogen) atoms. The van der Waals surface area contributed by atoms with Gasteiger partial charge in [-0.1, -0.05) is 24.3 Å². The summed E-state index contributed by atoms with van der Waals surface area (Å²) in [6.07, 6.45) is 0. The molecule has 0 radical (unpaired) electrons. The van der Waals surface area contributed by atoms with Crippen LogP contribution in [0.15, 0.2) is 42.5 Å². The normalized spacial score (nSPS) is 11.0. The monoisotopic (exact) mass is 279 g/mol. The second-order valence-corrected chi connectivity index (χ2v) is 5.44. The van der Waals surface area contributed by atoms with Crippen molar-refractivity contribution in [2.45, 2.75) is 20.8 Å². The average molecular weight is 279 g/mol. The molecule has 0 saturated heterocycles. The standard InChI is InChI=1S/C18H21N3/c1-5-20(4)18-13(2)9-8-12-17(18)21-14(3)19-15-10-6-7-11-16(15)21/h6-12H,5H2,1-4H3. The van der Waals surface area contributed by atoms with Gasteiger partial charge in [0.1, 0.15) is 5.82 Å². The SMILES string of the molecule is CCN(C)c1c(C)cccc1-n1c(C)nc2ccccc21. The molecule has 1 aromatic heterocycles. The Morgan fingerprint density at radius 3 is 2.57 bits per heavy atom. The number of hydrogen-bond donors (Lipinski definition) is 0. The maximum atomic E-state index is 4.69. The summed E-state index contributed by atoms with van der Waals surface area (Å²) in [4.78, 5) is 6.98. The molecule has 0 fully saturated rings. The number of para-hydroxylation sites is 3. The zero-order chi connectivity index (χ0) is 15.0. The lowest BCUT2D eigenvalue weighted by Gasteiger charge is -2.24. The van der Waals surface area contributed by atoms with Gasteiger partial charge < -0.3 is 4.90 Å². The van der Waals surface area contributed by atoms with Crippen molar-refractivity contribution in [2.24, 2.45) is 0 Å². The summed E-state index contributed by atoms with van der Waals surface area (Å²) in [5.74, 6) is 1.02. The molecule has 0 aliphatic carbocycles. The molecule has 108 valence electrons. The summed E-state index contributed by atoms with van der Waals surface area (Å²) in [6, 6.07) is 14.8. The van der Waals surface area contributed by atoms with E-state index >= 15 is 0 Å². The van der Waals surface area contributed by atoms with Crippen molar-refractivity contribution in [3.63, 3.8) is 0 Å². The van der Waals surface area contributed by atoms with Crippen molar-refractivity contribution in [1.29, 1.82) is 0 Å². The molecule has 0 bridgehead atoms. The molecule has 0 aliphatic heterocycles. The molecular formula is C18H21N3. The van der Waals surface area contributed by atoms with Gasteiger partial charge in [-0.3, -0.25) is 4.57 Å². The van der Waals surface area contributed by atoms with Crippen molar-refractivity contribution in [2.75, 3.05) is 18.5 Å². The Labute approximate surface area is 125 Å². The predicted molar refractivity (Wildman–Crippen MR) is 89.5 cm³/mol. The van der Waals surface area contributed by atoms with Gasteiger partial charge in [0.2, 0.25) is 0 Å². The van der Waals surface area contributed by atoms with E-state index in [1.54, 1.807) is 0 Å². The second kappa shape index (κ2) is 5.24. The average Bonchev–Trinajstić information content (AvgIpc) is 2.82. The van der Waals surface area contributed by atoms with Crippen molar-refractivity contribution < 1.29 is 0 Å². The predicted octanol–water partition coefficient (Wildman–Crippen LogP) is 4.10. The van der Waals surface area contributed by atoms with Crippen LogP contribution in [0.1, 0.15) is 18.3 Å². The number of aryl methyl sites for hydroxylation is 2. The highest BCUT2D eigenvalue weighted by molar-refractivity contribution is 5.81. The Balaban J connectivity index is 2.33. The fourth-order valence-corrected chi connectivity index (χ4v) is 2.93. The number of benzene rings is 2. The van der Waals surface area contributed by atoms with Gasteiger partial charge in [0.05, 0.1) is 22.4 Å². The first kappa shape index (κ1) is 13.7. The van der Waals surface area contributed by atoms with Crippen molar-refractivity contribution >= 4 is 16.7 Å². The number of imidazole rings is 1. The summed E-state index contributed by atoms with van der Waals surface area (Å²) in [7, 11) is 2.14. The minimum atomic E-state index is 0.976. The fourth-order valence-electron chi connectivity index (χ4n) is 2.93. The van der Waals surface area contributed by atoms with E-state index in [-0.39, 0.29) is 0 Å². The number of anilines is 1. The van der Waals surface area contributed by atoms with E-state index in [0.717, 1.165) is 23.4 Å². The molecule has 1 heterocycles. The number of nitrogens with zero attached hydrogens (tertiary/aromatic N) is 3. The summed E-state index contributed by atoms with van der Waals surface area (Å²) in [6.45, 7) is 7.39. The number of fused-ring (bicyclic) bond motifs is 1. The molecule has 0 saturated carbocycles. The van der Waals surface area contributed by atoms with Gasteiger partial charge in [0.25, 0.3) is 0 Å². The Bertz CT molecular complexity index is 786. The fraction of sp³-hybridized carbons (Fsp3) is 0.278. The van der Waals surface area contributed by atoms with Crippen molar-refractivity contribution in [1.82, 2.24) is 9.55 Å². The van der Waals surface area contributed by atoms with Gasteiger partial charge in [0, 0.05) is 13.6 Å². The highest BCUT2D eigenvalue weighted by Gasteiger charge is 2.15. The molecule has 3 nitrogen and oxygen atoms in total. The van der Waals surface area contributed by atoms with Crippen LogP contribution in [0.5, 0.6) is 0 Å². The van der Waals surface area contributed by atoms with Crippen LogP contribution in [0.4, 0.5) is 5.69 Å². The third kappa shape index (κ3) is 2.19. The van der Waals surface area contributed by atoms with Crippen LogP contribution >= 0.6 is 0 Å². The van der Waals surface area contributed by atoms with E-state index in [4.69, 9.17) is 0 Å². The lowest BCUT2D eigenvalue weighted by molar-refractivity contribution is 0.929. The van der Waals surface area contributed by atoms with Crippen LogP contribution < -0.4 is 4.90 Å². The molecule has 2 aromatic carbocycles. The first-order valence-corrected chi connectivity index (χ1v) is 7.38. The van der Waals surface area contributed by atoms with E-state index in [0.29, 0.717) is 0 Å². The summed E-state index contributed by atoms with van der Waals surface area (Å²) in [5, 5.41) is 0. The molecular weight excluding hydrogens is 258 g/mol. The first-order valence-electron chi connectivity index (χ1n) is 7.38. The Morgan fingerprint density at radius 2 is 1.81 bits per heavy atom. The largest absolute Gasteiger partial charge is 0.373 e. The highest BCUT2D eigenvalue weighted by atomic mass is 15.2. The van der Waals surface area contributed by atoms with E-state index < -0.39 is 0 Å². The number of aromatic nitrogens is 2. The van der Waals surface area contributed by atoms with Crippen LogP contribution in [0, 0.1) is 13.8 Å². The molecule has 0 spiro atoms. The maximum absolute atomic E-state index is 4.69. The summed E-state index contributed by atoms with van der Waals surface area (Å²) in [5.41, 5.74) is 5.96. The lowest BCUT2D eigenvalue weighted by Crippen LogP contribution is -2.19. The van der Waals surface area contributed by atoms with Crippen LogP contribution in [0.25, 0.3) is 16.7 Å². The zero-order valence-electron chi connectivity index (χ0n) is 13.1. The third-order valence-corrected chi connectivity index (χ3v) is 4.04. The lowest BCUT2D eigenvalue weighted by atomic mass is 10.1. The first-order chi connectivity index (χ1) is 10.1. The Morgan fingerprint density at radius 1 is 1.05 bits per heavy atom. The number of rotatable bonds is 3. The van der Waals surface area contributed by atoms with Gasteiger partial charge in [-0.05, 0) is 44.5 Å². The summed E-state index contributed by atoms with van der Waals surface area (Å²) >= 11 is 0. The molecule has 0 N–H and O–H groups in total. The molecule has 3 rings (SSSR count). The minimum Gasteiger partial charge on any atom is -0.373 e. The highest BCUT2D eigenvalue weighted by Crippen LogP contribution is 2.31. The van der Waals surface area contributed by atoms with Crippen LogP contribution in [-0.2, 0) is 0 Å². The molecule has 0 aliphatic rings. The topological polar surface area (TPSA) is 21.1 Å². The van der Waals surface area contributed by atoms with Crippen molar-refractivity contribution in [3.05, 3.63) is 53.9 Å². The summed E-state index contributed by atoms with van der Waals surface area (Å²) < 4.78 is 2.25. The van der Waals surface area contributed by atoms with Crippen LogP contribution in [-0.4, -0.2) is 23.1 Å². The van der Waals surface area contributed by atoms with Gasteiger partial charge in [-0.2, -0.15) is 0 Å². The second-order valence-electron chi connectivity index (χ2n) is 5.44. The minimum absolute atomic E-state index is 0.976.